The van der Waals surface area contributed by atoms with Gasteiger partial charge in [-0.15, -0.1) is 0 Å². The summed E-state index contributed by atoms with van der Waals surface area (Å²) in [5.74, 6) is -0.807. The Labute approximate surface area is 89.6 Å². The summed E-state index contributed by atoms with van der Waals surface area (Å²) >= 11 is 0. The van der Waals surface area contributed by atoms with Crippen molar-refractivity contribution in [3.63, 3.8) is 0 Å². The number of allylic oxidation sites excluding steroid dienone is 1. The molecule has 0 unspecified atom stereocenters. The van der Waals surface area contributed by atoms with Crippen LogP contribution in [0.25, 0.3) is 0 Å². The molecule has 0 spiro atoms. The molecule has 0 saturated heterocycles. The second kappa shape index (κ2) is 7.79. The first kappa shape index (κ1) is 13.4. The first-order valence-electron chi connectivity index (χ1n) is 4.71. The fraction of sp³-hybridized carbons (Fsp3) is 0.455. The Kier molecular flexibility index (Phi) is 6.97. The van der Waals surface area contributed by atoms with Gasteiger partial charge in [0.05, 0.1) is 13.2 Å². The summed E-state index contributed by atoms with van der Waals surface area (Å²) in [6.07, 6.45) is 3.26. The number of rotatable bonds is 6. The van der Waals surface area contributed by atoms with Crippen molar-refractivity contribution in [2.45, 2.75) is 20.3 Å². The Hall–Kier alpha value is -1.58. The van der Waals surface area contributed by atoms with Crippen LogP contribution in [0.2, 0.25) is 0 Å². The van der Waals surface area contributed by atoms with Gasteiger partial charge in [0, 0.05) is 18.1 Å². The predicted molar refractivity (Wildman–Crippen MR) is 56.2 cm³/mol. The molecule has 4 nitrogen and oxygen atoms in total. The molecule has 0 aliphatic heterocycles. The largest absolute Gasteiger partial charge is 0.462 e. The van der Waals surface area contributed by atoms with Crippen LogP contribution in [0.1, 0.15) is 20.3 Å². The van der Waals surface area contributed by atoms with Crippen LogP contribution >= 0.6 is 0 Å². The molecule has 0 fully saturated rings. The lowest BCUT2D eigenvalue weighted by molar-refractivity contribution is -0.140. The number of ether oxygens (including phenoxy) is 2. The molecule has 0 atom stereocenters. The molecule has 0 N–H and O–H groups in total. The van der Waals surface area contributed by atoms with Crippen LogP contribution < -0.4 is 0 Å². The summed E-state index contributed by atoms with van der Waals surface area (Å²) in [6.45, 7) is 7.18. The van der Waals surface area contributed by atoms with E-state index in [0.717, 1.165) is 6.08 Å². The van der Waals surface area contributed by atoms with Crippen molar-refractivity contribution in [1.82, 2.24) is 0 Å². The zero-order valence-corrected chi connectivity index (χ0v) is 9.12. The molecule has 0 aliphatic rings. The summed E-state index contributed by atoms with van der Waals surface area (Å²) in [7, 11) is 0. The van der Waals surface area contributed by atoms with Crippen molar-refractivity contribution in [3.8, 4) is 0 Å². The van der Waals surface area contributed by atoms with Gasteiger partial charge in [0.1, 0.15) is 0 Å². The Balaban J connectivity index is 3.51. The average molecular weight is 212 g/mol. The van der Waals surface area contributed by atoms with Gasteiger partial charge in [-0.1, -0.05) is 12.7 Å². The Morgan fingerprint density at radius 1 is 1.27 bits per heavy atom. The second-order valence-corrected chi connectivity index (χ2v) is 2.83. The maximum absolute atomic E-state index is 11.1. The highest BCUT2D eigenvalue weighted by molar-refractivity contribution is 5.87. The van der Waals surface area contributed by atoms with Gasteiger partial charge in [-0.25, -0.2) is 9.59 Å². The summed E-state index contributed by atoms with van der Waals surface area (Å²) in [6, 6.07) is 0. The molecule has 15 heavy (non-hydrogen) atoms. The van der Waals surface area contributed by atoms with E-state index in [0.29, 0.717) is 12.0 Å². The highest BCUT2D eigenvalue weighted by Crippen LogP contribution is 1.96. The maximum Gasteiger partial charge on any atom is 0.333 e. The zero-order valence-electron chi connectivity index (χ0n) is 9.12. The Morgan fingerprint density at radius 2 is 1.87 bits per heavy atom. The van der Waals surface area contributed by atoms with Gasteiger partial charge in [-0.2, -0.15) is 0 Å². The molecule has 0 aromatic carbocycles. The zero-order chi connectivity index (χ0) is 11.7. The first-order chi connectivity index (χ1) is 7.11. The molecular formula is C11H16O4. The van der Waals surface area contributed by atoms with Crippen LogP contribution in [0, 0.1) is 0 Å². The number of hydrogen-bond donors (Lipinski definition) is 0. The van der Waals surface area contributed by atoms with Crippen LogP contribution in [0.5, 0.6) is 0 Å². The molecular weight excluding hydrogens is 196 g/mol. The van der Waals surface area contributed by atoms with Crippen molar-refractivity contribution in [2.75, 3.05) is 13.2 Å². The predicted octanol–water partition coefficient (Wildman–Crippen LogP) is 1.62. The van der Waals surface area contributed by atoms with Gasteiger partial charge < -0.3 is 9.47 Å². The quantitative estimate of drug-likeness (QED) is 0.381. The van der Waals surface area contributed by atoms with Crippen molar-refractivity contribution >= 4 is 11.9 Å². The third-order valence-electron chi connectivity index (χ3n) is 1.69. The fourth-order valence-corrected chi connectivity index (χ4v) is 0.687. The van der Waals surface area contributed by atoms with Gasteiger partial charge in [0.15, 0.2) is 0 Å². The van der Waals surface area contributed by atoms with Crippen molar-refractivity contribution < 1.29 is 19.1 Å². The maximum atomic E-state index is 11.1. The van der Waals surface area contributed by atoms with Gasteiger partial charge >= 0.3 is 11.9 Å². The van der Waals surface area contributed by atoms with E-state index in [9.17, 15) is 9.59 Å². The summed E-state index contributed by atoms with van der Waals surface area (Å²) in [5, 5.41) is 0. The van der Waals surface area contributed by atoms with Gasteiger partial charge in [-0.05, 0) is 13.8 Å². The van der Waals surface area contributed by atoms with E-state index in [2.05, 4.69) is 6.58 Å². The number of hydrogen-bond acceptors (Lipinski definition) is 4. The third kappa shape index (κ3) is 6.49. The molecule has 0 amide bonds. The average Bonchev–Trinajstić information content (AvgIpc) is 2.26. The van der Waals surface area contributed by atoms with Gasteiger partial charge in [-0.3, -0.25) is 0 Å². The van der Waals surface area contributed by atoms with E-state index in [1.807, 2.05) is 0 Å². The van der Waals surface area contributed by atoms with Gasteiger partial charge in [0.2, 0.25) is 0 Å². The van der Waals surface area contributed by atoms with Crippen molar-refractivity contribution in [1.29, 1.82) is 0 Å². The number of esters is 2. The SMILES string of the molecule is C=CC(=O)OCCCOC(=O)C(C)=CC. The molecule has 0 bridgehead atoms. The van der Waals surface area contributed by atoms with E-state index in [-0.39, 0.29) is 19.2 Å². The van der Waals surface area contributed by atoms with E-state index in [1.165, 1.54) is 0 Å². The summed E-state index contributed by atoms with van der Waals surface area (Å²) in [5.41, 5.74) is 0.568. The van der Waals surface area contributed by atoms with E-state index in [4.69, 9.17) is 9.47 Å². The first-order valence-corrected chi connectivity index (χ1v) is 4.71. The minimum Gasteiger partial charge on any atom is -0.462 e. The highest BCUT2D eigenvalue weighted by Gasteiger charge is 2.03. The molecule has 0 aromatic heterocycles. The fourth-order valence-electron chi connectivity index (χ4n) is 0.687. The minimum atomic E-state index is -0.467. The van der Waals surface area contributed by atoms with Crippen LogP contribution in [-0.2, 0) is 19.1 Å². The van der Waals surface area contributed by atoms with Crippen LogP contribution in [0.3, 0.4) is 0 Å². The lowest BCUT2D eigenvalue weighted by Crippen LogP contribution is -2.10. The van der Waals surface area contributed by atoms with E-state index >= 15 is 0 Å². The Bertz CT molecular complexity index is 266. The summed E-state index contributed by atoms with van der Waals surface area (Å²) in [4.78, 5) is 21.7. The standard InChI is InChI=1S/C11H16O4/c1-4-9(3)11(13)15-8-6-7-14-10(12)5-2/h4-5H,2,6-8H2,1,3H3. The normalized spacial score (nSPS) is 10.7. The monoisotopic (exact) mass is 212 g/mol. The van der Waals surface area contributed by atoms with E-state index < -0.39 is 5.97 Å². The van der Waals surface area contributed by atoms with E-state index in [1.54, 1.807) is 19.9 Å². The Morgan fingerprint density at radius 3 is 2.40 bits per heavy atom. The lowest BCUT2D eigenvalue weighted by atomic mass is 10.3. The molecule has 84 valence electrons. The second-order valence-electron chi connectivity index (χ2n) is 2.83. The molecule has 0 aliphatic carbocycles. The molecule has 4 heteroatoms. The smallest absolute Gasteiger partial charge is 0.333 e. The van der Waals surface area contributed by atoms with Crippen LogP contribution in [0.4, 0.5) is 0 Å². The molecule has 0 saturated carbocycles. The van der Waals surface area contributed by atoms with Crippen LogP contribution in [-0.4, -0.2) is 25.2 Å². The van der Waals surface area contributed by atoms with Crippen molar-refractivity contribution in [2.24, 2.45) is 0 Å². The number of carbonyl (C=O) groups excluding carboxylic acids is 2. The molecule has 0 radical (unpaired) electrons. The van der Waals surface area contributed by atoms with Crippen LogP contribution in [0.15, 0.2) is 24.3 Å². The molecule has 0 rings (SSSR count). The molecule has 0 heterocycles. The third-order valence-corrected chi connectivity index (χ3v) is 1.69. The van der Waals surface area contributed by atoms with Crippen molar-refractivity contribution in [3.05, 3.63) is 24.3 Å². The molecule has 0 aromatic rings. The highest BCUT2D eigenvalue weighted by atomic mass is 16.5. The number of carbonyl (C=O) groups is 2. The topological polar surface area (TPSA) is 52.6 Å². The lowest BCUT2D eigenvalue weighted by Gasteiger charge is -2.04. The minimum absolute atomic E-state index is 0.229. The van der Waals surface area contributed by atoms with Gasteiger partial charge in [0.25, 0.3) is 0 Å². The summed E-state index contributed by atoms with van der Waals surface area (Å²) < 4.78 is 9.58.